The number of methoxy groups -OCH3 is 1. The van der Waals surface area contributed by atoms with E-state index in [1.807, 2.05) is 24.3 Å². The first-order valence-electron chi connectivity index (χ1n) is 12.8. The Morgan fingerprint density at radius 3 is 2.71 bits per heavy atom. The van der Waals surface area contributed by atoms with Gasteiger partial charge in [-0.25, -0.2) is 17.2 Å². The van der Waals surface area contributed by atoms with Gasteiger partial charge in [0, 0.05) is 25.2 Å². The number of carbonyl (C=O) groups is 1. The Morgan fingerprint density at radius 2 is 1.98 bits per heavy atom. The lowest BCUT2D eigenvalue weighted by Crippen LogP contribution is -2.51. The smallest absolute Gasteiger partial charge is 0.263 e. The summed E-state index contributed by atoms with van der Waals surface area (Å²) in [6, 6.07) is 12.9. The van der Waals surface area contributed by atoms with Gasteiger partial charge in [0.15, 0.2) is 5.82 Å². The number of fused-ring (bicyclic) bond motifs is 1. The number of aromatic nitrogens is 2. The van der Waals surface area contributed by atoms with Crippen molar-refractivity contribution in [3.05, 3.63) is 82.9 Å². The maximum absolute atomic E-state index is 14.5. The standard InChI is InChI=1S/C28H29F2N5O5S/c1-17-6-7-21(13-22(17)30)41(37,38)34-27-26-24(11-20(29)12-25(26)39-2)35(33-27)15-19-5-3-4-18(10-19)14-32-28(36)23-16-40-9-8-31-23/h3-7,10-13,23,31H,8-9,14-16H2,1-2H3,(H,32,36)(H,33,34)/t23-/m0/s1. The number of aryl methyl sites for hydroxylation is 1. The van der Waals surface area contributed by atoms with Gasteiger partial charge in [0.25, 0.3) is 10.0 Å². The minimum Gasteiger partial charge on any atom is -0.496 e. The van der Waals surface area contributed by atoms with Crippen LogP contribution in [0.15, 0.2) is 59.5 Å². The maximum Gasteiger partial charge on any atom is 0.263 e. The highest BCUT2D eigenvalue weighted by atomic mass is 32.2. The molecule has 0 saturated carbocycles. The summed E-state index contributed by atoms with van der Waals surface area (Å²) < 4.78 is 69.5. The Kier molecular flexibility index (Phi) is 8.20. The zero-order chi connectivity index (χ0) is 29.1. The predicted molar refractivity (Wildman–Crippen MR) is 148 cm³/mol. The van der Waals surface area contributed by atoms with Crippen molar-refractivity contribution in [1.82, 2.24) is 20.4 Å². The third-order valence-corrected chi connectivity index (χ3v) is 8.05. The van der Waals surface area contributed by atoms with Gasteiger partial charge >= 0.3 is 0 Å². The number of nitrogens with zero attached hydrogens (tertiary/aromatic N) is 2. The summed E-state index contributed by atoms with van der Waals surface area (Å²) in [5.74, 6) is -1.44. The van der Waals surface area contributed by atoms with Gasteiger partial charge in [0.05, 0.1) is 42.7 Å². The predicted octanol–water partition coefficient (Wildman–Crippen LogP) is 3.09. The first-order chi connectivity index (χ1) is 19.6. The molecule has 3 aromatic carbocycles. The summed E-state index contributed by atoms with van der Waals surface area (Å²) in [6.07, 6.45) is 0. The molecule has 1 aliphatic rings. The molecule has 0 bridgehead atoms. The number of anilines is 1. The van der Waals surface area contributed by atoms with Gasteiger partial charge in [-0.1, -0.05) is 30.3 Å². The van der Waals surface area contributed by atoms with Crippen LogP contribution in [0.5, 0.6) is 5.75 Å². The van der Waals surface area contributed by atoms with Crippen LogP contribution in [-0.2, 0) is 32.6 Å². The number of amides is 1. The number of nitrogens with one attached hydrogen (secondary N) is 3. The molecule has 1 atom stereocenters. The molecular formula is C28H29F2N5O5S. The highest BCUT2D eigenvalue weighted by Gasteiger charge is 2.24. The van der Waals surface area contributed by atoms with Crippen molar-refractivity contribution in [3.8, 4) is 5.75 Å². The fourth-order valence-electron chi connectivity index (χ4n) is 4.57. The van der Waals surface area contributed by atoms with E-state index in [1.54, 1.807) is 0 Å². The van der Waals surface area contributed by atoms with Gasteiger partial charge in [-0.3, -0.25) is 14.2 Å². The lowest BCUT2D eigenvalue weighted by molar-refractivity contribution is -0.126. The molecule has 2 heterocycles. The second kappa shape index (κ2) is 11.8. The minimum atomic E-state index is -4.24. The number of hydrogen-bond acceptors (Lipinski definition) is 7. The highest BCUT2D eigenvalue weighted by Crippen LogP contribution is 2.35. The van der Waals surface area contributed by atoms with Crippen LogP contribution in [0.3, 0.4) is 0 Å². The van der Waals surface area contributed by atoms with E-state index in [1.165, 1.54) is 36.9 Å². The van der Waals surface area contributed by atoms with E-state index in [4.69, 9.17) is 9.47 Å². The Balaban J connectivity index is 1.43. The molecule has 1 fully saturated rings. The third kappa shape index (κ3) is 6.32. The van der Waals surface area contributed by atoms with Crippen LogP contribution >= 0.6 is 0 Å². The Morgan fingerprint density at radius 1 is 1.17 bits per heavy atom. The fraction of sp³-hybridized carbons (Fsp3) is 0.286. The van der Waals surface area contributed by atoms with Crippen molar-refractivity contribution in [2.75, 3.05) is 31.6 Å². The van der Waals surface area contributed by atoms with Gasteiger partial charge < -0.3 is 20.1 Å². The number of carbonyl (C=O) groups excluding carboxylic acids is 1. The summed E-state index contributed by atoms with van der Waals surface area (Å²) >= 11 is 0. The SMILES string of the molecule is COc1cc(F)cc2c1c(NS(=O)(=O)c1ccc(C)c(F)c1)nn2Cc1cccc(CNC(=O)[C@@H]2COCCN2)c1. The lowest BCUT2D eigenvalue weighted by Gasteiger charge is -2.22. The molecule has 3 N–H and O–H groups in total. The van der Waals surface area contributed by atoms with Crippen LogP contribution in [-0.4, -0.2) is 57.0 Å². The van der Waals surface area contributed by atoms with Crippen LogP contribution < -0.4 is 20.1 Å². The molecule has 4 aromatic rings. The van der Waals surface area contributed by atoms with Crippen LogP contribution in [0, 0.1) is 18.6 Å². The van der Waals surface area contributed by atoms with Crippen LogP contribution in [0.1, 0.15) is 16.7 Å². The zero-order valence-electron chi connectivity index (χ0n) is 22.4. The molecule has 0 aliphatic carbocycles. The Bertz CT molecular complexity index is 1700. The van der Waals surface area contributed by atoms with E-state index in [0.717, 1.165) is 23.3 Å². The number of morpholine rings is 1. The van der Waals surface area contributed by atoms with Gasteiger partial charge in [-0.2, -0.15) is 5.10 Å². The summed E-state index contributed by atoms with van der Waals surface area (Å²) in [6.45, 7) is 3.45. The van der Waals surface area contributed by atoms with E-state index in [9.17, 15) is 22.0 Å². The molecule has 10 nitrogen and oxygen atoms in total. The monoisotopic (exact) mass is 585 g/mol. The van der Waals surface area contributed by atoms with Gasteiger partial charge in [0.1, 0.15) is 23.4 Å². The van der Waals surface area contributed by atoms with E-state index < -0.39 is 27.7 Å². The van der Waals surface area contributed by atoms with Crippen LogP contribution in [0.25, 0.3) is 10.9 Å². The van der Waals surface area contributed by atoms with Gasteiger partial charge in [0.2, 0.25) is 5.91 Å². The van der Waals surface area contributed by atoms with Crippen molar-refractivity contribution in [3.63, 3.8) is 0 Å². The Hall–Kier alpha value is -4.07. The van der Waals surface area contributed by atoms with Crippen LogP contribution in [0.2, 0.25) is 0 Å². The summed E-state index contributed by atoms with van der Waals surface area (Å²) in [5, 5.41) is 10.7. The number of halogens is 2. The van der Waals surface area contributed by atoms with E-state index in [0.29, 0.717) is 25.3 Å². The van der Waals surface area contributed by atoms with Crippen molar-refractivity contribution in [2.24, 2.45) is 0 Å². The molecule has 0 spiro atoms. The maximum atomic E-state index is 14.5. The third-order valence-electron chi connectivity index (χ3n) is 6.71. The number of rotatable bonds is 9. The topological polar surface area (TPSA) is 124 Å². The molecule has 0 unspecified atom stereocenters. The average molecular weight is 586 g/mol. The summed E-state index contributed by atoms with van der Waals surface area (Å²) in [5.41, 5.74) is 2.20. The van der Waals surface area contributed by atoms with Gasteiger partial charge in [-0.05, 0) is 35.7 Å². The van der Waals surface area contributed by atoms with E-state index in [2.05, 4.69) is 20.5 Å². The van der Waals surface area contributed by atoms with Gasteiger partial charge in [-0.15, -0.1) is 0 Å². The summed E-state index contributed by atoms with van der Waals surface area (Å²) in [4.78, 5) is 12.2. The van der Waals surface area contributed by atoms with E-state index >= 15 is 0 Å². The molecule has 0 radical (unpaired) electrons. The summed E-state index contributed by atoms with van der Waals surface area (Å²) in [7, 11) is -2.90. The molecule has 1 amide bonds. The van der Waals surface area contributed by atoms with Crippen molar-refractivity contribution >= 4 is 32.7 Å². The normalized spacial score (nSPS) is 15.6. The minimum absolute atomic E-state index is 0.0794. The largest absolute Gasteiger partial charge is 0.496 e. The van der Waals surface area contributed by atoms with E-state index in [-0.39, 0.29) is 46.4 Å². The molecular weight excluding hydrogens is 556 g/mol. The molecule has 41 heavy (non-hydrogen) atoms. The number of hydrogen-bond donors (Lipinski definition) is 3. The first-order valence-corrected chi connectivity index (χ1v) is 14.3. The zero-order valence-corrected chi connectivity index (χ0v) is 23.2. The molecule has 1 aromatic heterocycles. The molecule has 1 saturated heterocycles. The number of sulfonamides is 1. The average Bonchev–Trinajstić information content (AvgIpc) is 3.28. The lowest BCUT2D eigenvalue weighted by atomic mass is 10.1. The van der Waals surface area contributed by atoms with Crippen LogP contribution in [0.4, 0.5) is 14.6 Å². The van der Waals surface area contributed by atoms with Crippen molar-refractivity contribution in [1.29, 1.82) is 0 Å². The second-order valence-corrected chi connectivity index (χ2v) is 11.3. The van der Waals surface area contributed by atoms with Crippen molar-refractivity contribution < 1.29 is 31.5 Å². The Labute approximate surface area is 235 Å². The molecule has 1 aliphatic heterocycles. The molecule has 216 valence electrons. The van der Waals surface area contributed by atoms with Crippen molar-refractivity contribution in [2.45, 2.75) is 31.0 Å². The molecule has 5 rings (SSSR count). The second-order valence-electron chi connectivity index (χ2n) is 9.64. The highest BCUT2D eigenvalue weighted by molar-refractivity contribution is 7.92. The number of ether oxygens (including phenoxy) is 2. The number of benzene rings is 3. The molecule has 13 heteroatoms. The first kappa shape index (κ1) is 28.5. The fourth-order valence-corrected chi connectivity index (χ4v) is 5.59. The quantitative estimate of drug-likeness (QED) is 0.276.